The van der Waals surface area contributed by atoms with Gasteiger partial charge in [0.2, 0.25) is 0 Å². The van der Waals surface area contributed by atoms with Crippen molar-refractivity contribution < 1.29 is 13.0 Å². The average Bonchev–Trinajstić information content (AvgIpc) is 1.86. The van der Waals surface area contributed by atoms with Crippen LogP contribution in [0.15, 0.2) is 29.2 Å². The Labute approximate surface area is 127 Å². The predicted molar refractivity (Wildman–Crippen MR) is 56.1 cm³/mol. The van der Waals surface area contributed by atoms with Crippen LogP contribution in [0.5, 0.6) is 0 Å². The van der Waals surface area contributed by atoms with Gasteiger partial charge in [0.25, 0.3) is 10.1 Å². The van der Waals surface area contributed by atoms with Crippen molar-refractivity contribution >= 4 is 84.1 Å². The molecule has 0 aliphatic rings. The standard InChI is InChI=1S/C6H5IO3S.K.H/c7-5-3-1-2-4-6(5)11(8,9)10;;/h1-4H,(H,8,9,10);;. The van der Waals surface area contributed by atoms with Gasteiger partial charge in [-0.15, -0.1) is 0 Å². The molecule has 0 aliphatic carbocycles. The molecule has 0 saturated heterocycles. The first-order valence-electron chi connectivity index (χ1n) is 2.74. The van der Waals surface area contributed by atoms with Crippen molar-refractivity contribution in [1.29, 1.82) is 0 Å². The molecule has 1 aromatic carbocycles. The molecule has 12 heavy (non-hydrogen) atoms. The Hall–Kier alpha value is 1.50. The van der Waals surface area contributed by atoms with Crippen LogP contribution in [-0.2, 0) is 10.1 Å². The summed E-state index contributed by atoms with van der Waals surface area (Å²) in [6.45, 7) is 0. The maximum absolute atomic E-state index is 10.6. The van der Waals surface area contributed by atoms with Gasteiger partial charge in [-0.2, -0.15) is 8.42 Å². The van der Waals surface area contributed by atoms with E-state index in [1.165, 1.54) is 6.07 Å². The van der Waals surface area contributed by atoms with Crippen molar-refractivity contribution in [3.63, 3.8) is 0 Å². The zero-order valence-corrected chi connectivity index (χ0v) is 8.33. The maximum atomic E-state index is 10.6. The average molecular weight is 324 g/mol. The first kappa shape index (κ1) is 13.5. The van der Waals surface area contributed by atoms with Crippen molar-refractivity contribution in [1.82, 2.24) is 0 Å². The molecule has 0 atom stereocenters. The van der Waals surface area contributed by atoms with E-state index >= 15 is 0 Å². The van der Waals surface area contributed by atoms with Gasteiger partial charge in [-0.05, 0) is 34.7 Å². The Morgan fingerprint density at radius 2 is 1.75 bits per heavy atom. The van der Waals surface area contributed by atoms with Gasteiger partial charge in [-0.3, -0.25) is 4.55 Å². The Bertz CT molecular complexity index is 363. The van der Waals surface area contributed by atoms with Gasteiger partial charge in [0.15, 0.2) is 0 Å². The number of halogens is 1. The van der Waals surface area contributed by atoms with E-state index in [4.69, 9.17) is 4.55 Å². The summed E-state index contributed by atoms with van der Waals surface area (Å²) < 4.78 is 30.4. The molecule has 6 heteroatoms. The van der Waals surface area contributed by atoms with Crippen molar-refractivity contribution in [3.8, 4) is 0 Å². The molecule has 1 rings (SSSR count). The zero-order chi connectivity index (χ0) is 8.48. The fourth-order valence-electron chi connectivity index (χ4n) is 0.654. The predicted octanol–water partition coefficient (Wildman–Crippen LogP) is 0.889. The summed E-state index contributed by atoms with van der Waals surface area (Å²) in [4.78, 5) is -0.0411. The van der Waals surface area contributed by atoms with E-state index in [1.54, 1.807) is 18.2 Å². The molecule has 0 fully saturated rings. The third kappa shape index (κ3) is 3.70. The van der Waals surface area contributed by atoms with Gasteiger partial charge in [0, 0.05) is 3.57 Å². The fourth-order valence-corrected chi connectivity index (χ4v) is 2.44. The van der Waals surface area contributed by atoms with Crippen LogP contribution in [0.4, 0.5) is 0 Å². The Morgan fingerprint density at radius 3 is 2.08 bits per heavy atom. The summed E-state index contributed by atoms with van der Waals surface area (Å²) >= 11 is 1.85. The van der Waals surface area contributed by atoms with E-state index in [9.17, 15) is 8.42 Å². The molecule has 62 valence electrons. The zero-order valence-electron chi connectivity index (χ0n) is 5.36. The first-order chi connectivity index (χ1) is 5.02. The quantitative estimate of drug-likeness (QED) is 0.474. The van der Waals surface area contributed by atoms with E-state index < -0.39 is 10.1 Å². The molecule has 0 spiro atoms. The number of benzene rings is 1. The molecular formula is C6H6IKO3S. The van der Waals surface area contributed by atoms with E-state index in [0.717, 1.165) is 0 Å². The SMILES string of the molecule is O=S(=O)(O)c1ccccc1I.[KH]. The normalized spacial score (nSPS) is 10.5. The number of rotatable bonds is 1. The molecule has 0 aliphatic heterocycles. The monoisotopic (exact) mass is 324 g/mol. The van der Waals surface area contributed by atoms with Crippen LogP contribution in [-0.4, -0.2) is 64.4 Å². The number of hydrogen-bond donors (Lipinski definition) is 1. The molecule has 0 bridgehead atoms. The van der Waals surface area contributed by atoms with E-state index in [0.29, 0.717) is 3.57 Å². The summed E-state index contributed by atoms with van der Waals surface area (Å²) in [5.74, 6) is 0. The summed E-state index contributed by atoms with van der Waals surface area (Å²) in [5.41, 5.74) is 0. The summed E-state index contributed by atoms with van der Waals surface area (Å²) in [6.07, 6.45) is 0. The van der Waals surface area contributed by atoms with Crippen LogP contribution in [0.1, 0.15) is 0 Å². The molecule has 0 amide bonds. The summed E-state index contributed by atoms with van der Waals surface area (Å²) in [6, 6.07) is 6.24. The van der Waals surface area contributed by atoms with Crippen LogP contribution in [0.2, 0.25) is 0 Å². The van der Waals surface area contributed by atoms with Gasteiger partial charge in [-0.25, -0.2) is 0 Å². The summed E-state index contributed by atoms with van der Waals surface area (Å²) in [5, 5.41) is 0. The molecule has 0 aromatic heterocycles. The summed E-state index contributed by atoms with van der Waals surface area (Å²) in [7, 11) is -4.04. The molecule has 3 nitrogen and oxygen atoms in total. The van der Waals surface area contributed by atoms with E-state index in [2.05, 4.69) is 0 Å². The second kappa shape index (κ2) is 5.40. The third-order valence-electron chi connectivity index (χ3n) is 1.11. The van der Waals surface area contributed by atoms with Crippen molar-refractivity contribution in [2.24, 2.45) is 0 Å². The van der Waals surface area contributed by atoms with E-state index in [-0.39, 0.29) is 56.3 Å². The Kier molecular flexibility index (Phi) is 6.07. The molecule has 0 unspecified atom stereocenters. The van der Waals surface area contributed by atoms with Gasteiger partial charge < -0.3 is 0 Å². The van der Waals surface area contributed by atoms with Crippen molar-refractivity contribution in [3.05, 3.63) is 27.8 Å². The van der Waals surface area contributed by atoms with Crippen LogP contribution in [0.25, 0.3) is 0 Å². The molecule has 0 saturated carbocycles. The van der Waals surface area contributed by atoms with Gasteiger partial charge in [-0.1, -0.05) is 12.1 Å². The molecule has 1 N–H and O–H groups in total. The Balaban J connectivity index is 0.00000121. The topological polar surface area (TPSA) is 54.4 Å². The van der Waals surface area contributed by atoms with Crippen molar-refractivity contribution in [2.75, 3.05) is 0 Å². The fraction of sp³-hybridized carbons (Fsp3) is 0. The third-order valence-corrected chi connectivity index (χ3v) is 3.33. The van der Waals surface area contributed by atoms with Crippen LogP contribution >= 0.6 is 22.6 Å². The second-order valence-electron chi connectivity index (χ2n) is 1.91. The van der Waals surface area contributed by atoms with Crippen LogP contribution < -0.4 is 0 Å². The first-order valence-corrected chi connectivity index (χ1v) is 5.26. The molecule has 1 aromatic rings. The van der Waals surface area contributed by atoms with Crippen LogP contribution in [0, 0.1) is 3.57 Å². The second-order valence-corrected chi connectivity index (χ2v) is 4.46. The van der Waals surface area contributed by atoms with Crippen molar-refractivity contribution in [2.45, 2.75) is 4.90 Å². The Morgan fingerprint density at radius 1 is 1.25 bits per heavy atom. The van der Waals surface area contributed by atoms with E-state index in [1.807, 2.05) is 22.6 Å². The van der Waals surface area contributed by atoms with Gasteiger partial charge >= 0.3 is 51.4 Å². The van der Waals surface area contributed by atoms with Crippen LogP contribution in [0.3, 0.4) is 0 Å². The molecular weight excluding hydrogens is 318 g/mol. The molecule has 0 heterocycles. The number of hydrogen-bond acceptors (Lipinski definition) is 2. The minimum atomic E-state index is -4.04. The van der Waals surface area contributed by atoms with Gasteiger partial charge in [0.1, 0.15) is 4.90 Å². The molecule has 0 radical (unpaired) electrons. The van der Waals surface area contributed by atoms with Gasteiger partial charge in [0.05, 0.1) is 0 Å². The minimum absolute atomic E-state index is 0.